The minimum absolute atomic E-state index is 0.0610. The third-order valence-corrected chi connectivity index (χ3v) is 13.6. The lowest BCUT2D eigenvalue weighted by molar-refractivity contribution is -0.167. The molecule has 0 N–H and O–H groups in total. The monoisotopic (exact) mass is 919 g/mol. The van der Waals surface area contributed by atoms with Gasteiger partial charge in [-0.05, 0) is 19.3 Å². The van der Waals surface area contributed by atoms with Crippen molar-refractivity contribution in [1.29, 1.82) is 0 Å². The molecule has 386 valence electrons. The fourth-order valence-electron chi connectivity index (χ4n) is 9.15. The third kappa shape index (κ3) is 53.2. The summed E-state index contributed by atoms with van der Waals surface area (Å²) in [6.45, 7) is 6.71. The van der Waals surface area contributed by atoms with Crippen molar-refractivity contribution in [3.63, 3.8) is 0 Å². The molecular weight excluding hydrogens is 805 g/mol. The molecule has 65 heavy (non-hydrogen) atoms. The van der Waals surface area contributed by atoms with Gasteiger partial charge in [0.25, 0.3) is 0 Å². The van der Waals surface area contributed by atoms with Gasteiger partial charge in [0.2, 0.25) is 0 Å². The van der Waals surface area contributed by atoms with Crippen molar-refractivity contribution in [2.45, 2.75) is 348 Å². The van der Waals surface area contributed by atoms with E-state index in [-0.39, 0.29) is 31.1 Å². The zero-order chi connectivity index (χ0) is 47.2. The van der Waals surface area contributed by atoms with Gasteiger partial charge >= 0.3 is 17.9 Å². The lowest BCUT2D eigenvalue weighted by Crippen LogP contribution is -2.30. The Morgan fingerprint density at radius 1 is 0.246 bits per heavy atom. The zero-order valence-corrected chi connectivity index (χ0v) is 44.3. The fourth-order valence-corrected chi connectivity index (χ4v) is 9.15. The number of hydrogen-bond donors (Lipinski definition) is 0. The number of hydrogen-bond acceptors (Lipinski definition) is 6. The normalized spacial score (nSPS) is 11.9. The van der Waals surface area contributed by atoms with Gasteiger partial charge in [-0.15, -0.1) is 0 Å². The number of carbonyl (C=O) groups is 3. The van der Waals surface area contributed by atoms with E-state index in [4.69, 9.17) is 14.2 Å². The number of unbranched alkanes of at least 4 members (excludes halogenated alkanes) is 44. The summed E-state index contributed by atoms with van der Waals surface area (Å²) in [6, 6.07) is 0. The molecule has 0 saturated heterocycles. The Balaban J connectivity index is 4.27. The van der Waals surface area contributed by atoms with Crippen LogP contribution in [0.25, 0.3) is 0 Å². The lowest BCUT2D eigenvalue weighted by atomic mass is 10.0. The molecule has 6 nitrogen and oxygen atoms in total. The quantitative estimate of drug-likeness (QED) is 0.0344. The summed E-state index contributed by atoms with van der Waals surface area (Å²) in [4.78, 5) is 38.1. The highest BCUT2D eigenvalue weighted by Gasteiger charge is 2.19. The topological polar surface area (TPSA) is 78.9 Å². The Labute approximate surface area is 406 Å². The van der Waals surface area contributed by atoms with Gasteiger partial charge in [-0.1, -0.05) is 303 Å². The molecule has 0 saturated carbocycles. The third-order valence-electron chi connectivity index (χ3n) is 13.6. The summed E-state index contributed by atoms with van der Waals surface area (Å²) >= 11 is 0. The Morgan fingerprint density at radius 2 is 0.415 bits per heavy atom. The molecule has 0 rings (SSSR count). The van der Waals surface area contributed by atoms with E-state index >= 15 is 0 Å². The van der Waals surface area contributed by atoms with Gasteiger partial charge in [0.05, 0.1) is 0 Å². The van der Waals surface area contributed by atoms with Crippen LogP contribution in [0.15, 0.2) is 0 Å². The first-order valence-electron chi connectivity index (χ1n) is 29.5. The second-order valence-electron chi connectivity index (χ2n) is 20.3. The average molecular weight is 920 g/mol. The maximum absolute atomic E-state index is 12.9. The van der Waals surface area contributed by atoms with Crippen LogP contribution in [0.3, 0.4) is 0 Å². The highest BCUT2D eigenvalue weighted by atomic mass is 16.6. The molecule has 0 aliphatic carbocycles. The molecule has 0 aromatic rings. The van der Waals surface area contributed by atoms with Gasteiger partial charge in [-0.2, -0.15) is 0 Å². The Hall–Kier alpha value is -1.59. The first kappa shape index (κ1) is 63.4. The van der Waals surface area contributed by atoms with Crippen molar-refractivity contribution < 1.29 is 28.6 Å². The summed E-state index contributed by atoms with van der Waals surface area (Å²) in [6.07, 6.45) is 60.9. The van der Waals surface area contributed by atoms with E-state index in [9.17, 15) is 14.4 Å². The SMILES string of the molecule is CCCCCCCCCCCCCCCCCCCCCC(=O)O[C@@H](COC(=O)CCCCCCCCCCCCCCC)COC(=O)CCCCCCCCCCCCCCCCC. The average Bonchev–Trinajstić information content (AvgIpc) is 3.30. The van der Waals surface area contributed by atoms with E-state index in [1.165, 1.54) is 244 Å². The Bertz CT molecular complexity index is 967. The molecule has 0 aliphatic heterocycles. The molecule has 0 unspecified atom stereocenters. The van der Waals surface area contributed by atoms with Crippen LogP contribution in [-0.2, 0) is 28.6 Å². The second-order valence-corrected chi connectivity index (χ2v) is 20.3. The van der Waals surface area contributed by atoms with Crippen LogP contribution in [-0.4, -0.2) is 37.2 Å². The molecule has 0 aliphatic rings. The minimum Gasteiger partial charge on any atom is -0.462 e. The predicted octanol–water partition coefficient (Wildman–Crippen LogP) is 19.5. The van der Waals surface area contributed by atoms with E-state index in [0.717, 1.165) is 57.8 Å². The first-order valence-corrected chi connectivity index (χ1v) is 29.5. The molecule has 0 spiro atoms. The number of esters is 3. The van der Waals surface area contributed by atoms with Crippen LogP contribution in [0.5, 0.6) is 0 Å². The standard InChI is InChI=1S/C59H114O6/c1-4-7-10-13-16-19-22-25-27-28-29-30-32-35-38-41-44-47-50-53-59(62)65-56(54-63-57(60)51-48-45-42-39-36-33-24-21-18-15-12-9-6-3)55-64-58(61)52-49-46-43-40-37-34-31-26-23-20-17-14-11-8-5-2/h56H,4-55H2,1-3H3/t56-/m0/s1. The molecule has 0 heterocycles. The first-order chi connectivity index (χ1) is 32.0. The van der Waals surface area contributed by atoms with Crippen LogP contribution >= 0.6 is 0 Å². The highest BCUT2D eigenvalue weighted by molar-refractivity contribution is 5.71. The van der Waals surface area contributed by atoms with Crippen molar-refractivity contribution >= 4 is 17.9 Å². The van der Waals surface area contributed by atoms with Crippen LogP contribution < -0.4 is 0 Å². The van der Waals surface area contributed by atoms with E-state index < -0.39 is 6.10 Å². The number of rotatable bonds is 55. The van der Waals surface area contributed by atoms with E-state index in [2.05, 4.69) is 20.8 Å². The number of ether oxygens (including phenoxy) is 3. The van der Waals surface area contributed by atoms with Crippen LogP contribution in [0.2, 0.25) is 0 Å². The van der Waals surface area contributed by atoms with Crippen LogP contribution in [0.4, 0.5) is 0 Å². The van der Waals surface area contributed by atoms with Gasteiger partial charge in [0.15, 0.2) is 6.10 Å². The molecule has 0 bridgehead atoms. The summed E-state index contributed by atoms with van der Waals surface area (Å²) in [7, 11) is 0. The zero-order valence-electron chi connectivity index (χ0n) is 44.3. The molecule has 0 radical (unpaired) electrons. The lowest BCUT2D eigenvalue weighted by Gasteiger charge is -2.18. The van der Waals surface area contributed by atoms with Crippen molar-refractivity contribution in [2.75, 3.05) is 13.2 Å². The minimum atomic E-state index is -0.761. The predicted molar refractivity (Wildman–Crippen MR) is 280 cm³/mol. The molecule has 0 amide bonds. The second kappa shape index (κ2) is 55.0. The number of carbonyl (C=O) groups excluding carboxylic acids is 3. The summed E-state index contributed by atoms with van der Waals surface area (Å²) < 4.78 is 16.9. The van der Waals surface area contributed by atoms with Gasteiger partial charge in [-0.3, -0.25) is 14.4 Å². The Morgan fingerprint density at radius 3 is 0.615 bits per heavy atom. The van der Waals surface area contributed by atoms with Crippen LogP contribution in [0.1, 0.15) is 342 Å². The maximum Gasteiger partial charge on any atom is 0.306 e. The molecular formula is C59H114O6. The van der Waals surface area contributed by atoms with Gasteiger partial charge in [0.1, 0.15) is 13.2 Å². The molecule has 0 fully saturated rings. The molecule has 1 atom stereocenters. The summed E-state index contributed by atoms with van der Waals surface area (Å²) in [5.41, 5.74) is 0. The maximum atomic E-state index is 12.9. The van der Waals surface area contributed by atoms with Crippen molar-refractivity contribution in [3.05, 3.63) is 0 Å². The highest BCUT2D eigenvalue weighted by Crippen LogP contribution is 2.18. The van der Waals surface area contributed by atoms with E-state index in [1.807, 2.05) is 0 Å². The molecule has 0 aromatic carbocycles. The van der Waals surface area contributed by atoms with Crippen molar-refractivity contribution in [2.24, 2.45) is 0 Å². The van der Waals surface area contributed by atoms with Gasteiger partial charge in [-0.25, -0.2) is 0 Å². The smallest absolute Gasteiger partial charge is 0.306 e. The fraction of sp³-hybridized carbons (Fsp3) is 0.949. The van der Waals surface area contributed by atoms with Crippen molar-refractivity contribution in [3.8, 4) is 0 Å². The van der Waals surface area contributed by atoms with Gasteiger partial charge < -0.3 is 14.2 Å². The summed E-state index contributed by atoms with van der Waals surface area (Å²) in [5, 5.41) is 0. The molecule has 0 aromatic heterocycles. The van der Waals surface area contributed by atoms with Crippen LogP contribution in [0, 0.1) is 0 Å². The molecule has 6 heteroatoms. The Kier molecular flexibility index (Phi) is 53.7. The van der Waals surface area contributed by atoms with Crippen molar-refractivity contribution in [1.82, 2.24) is 0 Å². The van der Waals surface area contributed by atoms with E-state index in [0.29, 0.717) is 19.3 Å². The summed E-state index contributed by atoms with van der Waals surface area (Å²) in [5.74, 6) is -0.831. The van der Waals surface area contributed by atoms with Gasteiger partial charge in [0, 0.05) is 19.3 Å². The largest absolute Gasteiger partial charge is 0.462 e. The van der Waals surface area contributed by atoms with E-state index in [1.54, 1.807) is 0 Å².